The van der Waals surface area contributed by atoms with Gasteiger partial charge in [0.1, 0.15) is 0 Å². The quantitative estimate of drug-likeness (QED) is 0.690. The number of carbonyl (C=O) groups excluding carboxylic acids is 1. The van der Waals surface area contributed by atoms with Gasteiger partial charge in [-0.3, -0.25) is 9.48 Å². The van der Waals surface area contributed by atoms with Crippen LogP contribution in [0.1, 0.15) is 58.5 Å². The maximum absolute atomic E-state index is 12.4. The fraction of sp³-hybridized carbons (Fsp3) is 0.381. The lowest BCUT2D eigenvalue weighted by molar-refractivity contribution is 0.0914. The molecule has 0 spiro atoms. The van der Waals surface area contributed by atoms with Crippen LogP contribution in [0.4, 0.5) is 0 Å². The van der Waals surface area contributed by atoms with Crippen LogP contribution in [0, 0.1) is 13.8 Å². The second-order valence-electron chi connectivity index (χ2n) is 6.85. The van der Waals surface area contributed by atoms with Gasteiger partial charge in [0.05, 0.1) is 11.4 Å². The fourth-order valence-electron chi connectivity index (χ4n) is 3.28. The van der Waals surface area contributed by atoms with Gasteiger partial charge in [0.2, 0.25) is 5.76 Å². The van der Waals surface area contributed by atoms with Gasteiger partial charge in [0.25, 0.3) is 5.91 Å². The van der Waals surface area contributed by atoms with Crippen molar-refractivity contribution in [3.8, 4) is 0 Å². The number of carbonyl (C=O) groups is 1. The number of rotatable bonds is 7. The molecule has 6 heteroatoms. The second kappa shape index (κ2) is 8.20. The molecule has 142 valence electrons. The van der Waals surface area contributed by atoms with E-state index in [0.29, 0.717) is 12.5 Å². The molecule has 0 aliphatic rings. The number of amides is 1. The summed E-state index contributed by atoms with van der Waals surface area (Å²) < 4.78 is 7.19. The van der Waals surface area contributed by atoms with Crippen LogP contribution < -0.4 is 5.32 Å². The molecule has 3 rings (SSSR count). The van der Waals surface area contributed by atoms with Gasteiger partial charge in [-0.1, -0.05) is 42.4 Å². The molecule has 1 N–H and O–H groups in total. The highest BCUT2D eigenvalue weighted by Crippen LogP contribution is 2.20. The van der Waals surface area contributed by atoms with Crippen LogP contribution in [-0.2, 0) is 19.5 Å². The van der Waals surface area contributed by atoms with Crippen molar-refractivity contribution in [2.45, 2.75) is 53.1 Å². The van der Waals surface area contributed by atoms with Crippen molar-refractivity contribution in [2.24, 2.45) is 0 Å². The lowest BCUT2D eigenvalue weighted by Crippen LogP contribution is -2.23. The minimum absolute atomic E-state index is 0.239. The monoisotopic (exact) mass is 366 g/mol. The lowest BCUT2D eigenvalue weighted by atomic mass is 9.96. The molecule has 1 amide bonds. The van der Waals surface area contributed by atoms with Crippen LogP contribution in [0.3, 0.4) is 0 Å². The Hall–Kier alpha value is -2.89. The zero-order valence-corrected chi connectivity index (χ0v) is 16.3. The first kappa shape index (κ1) is 18.9. The topological polar surface area (TPSA) is 73.0 Å². The SMILES string of the molecule is CCn1nc(C)c(CNC(=O)c2cc(C[C@@H](C)c3ccccc3)no2)c1C. The Balaban J connectivity index is 1.61. The maximum atomic E-state index is 12.4. The molecule has 0 saturated heterocycles. The highest BCUT2D eigenvalue weighted by Gasteiger charge is 2.17. The van der Waals surface area contributed by atoms with Crippen molar-refractivity contribution in [2.75, 3.05) is 0 Å². The number of hydrogen-bond acceptors (Lipinski definition) is 4. The molecule has 0 unspecified atom stereocenters. The van der Waals surface area contributed by atoms with E-state index in [1.807, 2.05) is 43.7 Å². The first-order chi connectivity index (χ1) is 13.0. The highest BCUT2D eigenvalue weighted by atomic mass is 16.5. The summed E-state index contributed by atoms with van der Waals surface area (Å²) in [5.41, 5.74) is 5.07. The predicted octanol–water partition coefficient (Wildman–Crippen LogP) is 3.78. The van der Waals surface area contributed by atoms with Gasteiger partial charge in [-0.2, -0.15) is 5.10 Å². The minimum Gasteiger partial charge on any atom is -0.351 e. The van der Waals surface area contributed by atoms with E-state index in [-0.39, 0.29) is 11.7 Å². The van der Waals surface area contributed by atoms with Crippen molar-refractivity contribution in [3.63, 3.8) is 0 Å². The van der Waals surface area contributed by atoms with E-state index in [0.717, 1.165) is 35.6 Å². The highest BCUT2D eigenvalue weighted by molar-refractivity contribution is 5.91. The molecule has 0 bridgehead atoms. The average molecular weight is 366 g/mol. The lowest BCUT2D eigenvalue weighted by Gasteiger charge is -2.08. The summed E-state index contributed by atoms with van der Waals surface area (Å²) in [6, 6.07) is 12.0. The first-order valence-corrected chi connectivity index (χ1v) is 9.31. The summed E-state index contributed by atoms with van der Waals surface area (Å²) >= 11 is 0. The van der Waals surface area contributed by atoms with Gasteiger partial charge < -0.3 is 9.84 Å². The smallest absolute Gasteiger partial charge is 0.290 e. The van der Waals surface area contributed by atoms with E-state index in [2.05, 4.69) is 34.6 Å². The van der Waals surface area contributed by atoms with Crippen molar-refractivity contribution in [3.05, 3.63) is 70.4 Å². The number of benzene rings is 1. The van der Waals surface area contributed by atoms with E-state index in [1.165, 1.54) is 5.56 Å². The number of aryl methyl sites for hydroxylation is 2. The summed E-state index contributed by atoms with van der Waals surface area (Å²) in [6.07, 6.45) is 0.724. The second-order valence-corrected chi connectivity index (χ2v) is 6.85. The minimum atomic E-state index is -0.260. The van der Waals surface area contributed by atoms with E-state index in [1.54, 1.807) is 6.07 Å². The molecule has 0 radical (unpaired) electrons. The Morgan fingerprint density at radius 2 is 2.00 bits per heavy atom. The molecule has 0 aliphatic heterocycles. The third kappa shape index (κ3) is 4.27. The van der Waals surface area contributed by atoms with Gasteiger partial charge in [-0.25, -0.2) is 0 Å². The van der Waals surface area contributed by atoms with Gasteiger partial charge >= 0.3 is 0 Å². The maximum Gasteiger partial charge on any atom is 0.290 e. The number of nitrogens with one attached hydrogen (secondary N) is 1. The molecular formula is C21H26N4O2. The van der Waals surface area contributed by atoms with Crippen LogP contribution >= 0.6 is 0 Å². The van der Waals surface area contributed by atoms with Crippen molar-refractivity contribution < 1.29 is 9.32 Å². The van der Waals surface area contributed by atoms with Gasteiger partial charge in [0.15, 0.2) is 0 Å². The Morgan fingerprint density at radius 1 is 1.26 bits per heavy atom. The molecule has 2 heterocycles. The van der Waals surface area contributed by atoms with Gasteiger partial charge in [-0.15, -0.1) is 0 Å². The van der Waals surface area contributed by atoms with Crippen molar-refractivity contribution in [1.29, 1.82) is 0 Å². The summed E-state index contributed by atoms with van der Waals surface area (Å²) in [5.74, 6) is 0.282. The zero-order chi connectivity index (χ0) is 19.4. The van der Waals surface area contributed by atoms with E-state index in [4.69, 9.17) is 4.52 Å². The molecule has 0 saturated carbocycles. The summed E-state index contributed by atoms with van der Waals surface area (Å²) in [5, 5.41) is 11.4. The number of aromatic nitrogens is 3. The van der Waals surface area contributed by atoms with Gasteiger partial charge in [0, 0.05) is 30.4 Å². The van der Waals surface area contributed by atoms with Crippen molar-refractivity contribution >= 4 is 5.91 Å². The molecule has 27 heavy (non-hydrogen) atoms. The molecule has 0 fully saturated rings. The number of hydrogen-bond donors (Lipinski definition) is 1. The fourth-order valence-corrected chi connectivity index (χ4v) is 3.28. The van der Waals surface area contributed by atoms with Crippen LogP contribution in [0.5, 0.6) is 0 Å². The Morgan fingerprint density at radius 3 is 2.67 bits per heavy atom. The third-order valence-corrected chi connectivity index (χ3v) is 4.92. The predicted molar refractivity (Wildman–Crippen MR) is 104 cm³/mol. The molecule has 1 aromatic carbocycles. The largest absolute Gasteiger partial charge is 0.351 e. The van der Waals surface area contributed by atoms with Crippen LogP contribution in [0.2, 0.25) is 0 Å². The summed E-state index contributed by atoms with van der Waals surface area (Å²) in [7, 11) is 0. The first-order valence-electron chi connectivity index (χ1n) is 9.31. The molecule has 3 aromatic rings. The van der Waals surface area contributed by atoms with Crippen LogP contribution in [0.15, 0.2) is 40.9 Å². The van der Waals surface area contributed by atoms with E-state index < -0.39 is 0 Å². The summed E-state index contributed by atoms with van der Waals surface area (Å²) in [4.78, 5) is 12.4. The van der Waals surface area contributed by atoms with E-state index in [9.17, 15) is 4.79 Å². The van der Waals surface area contributed by atoms with Crippen LogP contribution in [-0.4, -0.2) is 20.8 Å². The normalized spacial score (nSPS) is 12.1. The number of nitrogens with zero attached hydrogens (tertiary/aromatic N) is 3. The molecule has 6 nitrogen and oxygen atoms in total. The van der Waals surface area contributed by atoms with Gasteiger partial charge in [-0.05, 0) is 38.7 Å². The third-order valence-electron chi connectivity index (χ3n) is 4.92. The van der Waals surface area contributed by atoms with Crippen molar-refractivity contribution in [1.82, 2.24) is 20.3 Å². The Kier molecular flexibility index (Phi) is 5.74. The zero-order valence-electron chi connectivity index (χ0n) is 16.3. The molecule has 1 atom stereocenters. The Labute approximate surface area is 159 Å². The molecule has 2 aromatic heterocycles. The van der Waals surface area contributed by atoms with Crippen LogP contribution in [0.25, 0.3) is 0 Å². The summed E-state index contributed by atoms with van der Waals surface area (Å²) in [6.45, 7) is 9.40. The Bertz CT molecular complexity index is 912. The van der Waals surface area contributed by atoms with E-state index >= 15 is 0 Å². The average Bonchev–Trinajstić information content (AvgIpc) is 3.25. The standard InChI is InChI=1S/C21H26N4O2/c1-5-25-16(4)19(15(3)23-25)13-22-21(26)20-12-18(24-27-20)11-14(2)17-9-7-6-8-10-17/h6-10,12,14H,5,11,13H2,1-4H3,(H,22,26)/t14-/m1/s1. The molecular weight excluding hydrogens is 340 g/mol. The molecule has 0 aliphatic carbocycles.